The fourth-order valence-electron chi connectivity index (χ4n) is 18.4. The van der Waals surface area contributed by atoms with Crippen LogP contribution in [-0.4, -0.2) is 14.1 Å². The van der Waals surface area contributed by atoms with Gasteiger partial charge < -0.3 is 4.57 Å². The highest BCUT2D eigenvalue weighted by Gasteiger charge is 2.29. The van der Waals surface area contributed by atoms with E-state index in [1.54, 1.807) is 0 Å². The minimum Gasteiger partial charge on any atom is -0.309 e. The van der Waals surface area contributed by atoms with E-state index < -0.39 is 0 Å². The number of aromatic nitrogens is 3. The second-order valence-corrected chi connectivity index (χ2v) is 27.5. The molecule has 0 radical (unpaired) electrons. The van der Waals surface area contributed by atoms with Crippen molar-refractivity contribution in [1.82, 2.24) is 14.1 Å². The van der Waals surface area contributed by atoms with Gasteiger partial charge in [-0.1, -0.05) is 279 Å². The Morgan fingerprint density at radius 2 is 0.630 bits per heavy atom. The zero-order valence-electron chi connectivity index (χ0n) is 54.1. The number of hydrogen-bond donors (Lipinski definition) is 0. The summed E-state index contributed by atoms with van der Waals surface area (Å²) in [7, 11) is 0. The first kappa shape index (κ1) is 54.0. The summed E-state index contributed by atoms with van der Waals surface area (Å²) < 4.78 is 5.00. The maximum atomic E-state index is 5.66. The van der Waals surface area contributed by atoms with Crippen molar-refractivity contribution in [1.29, 1.82) is 0 Å². The van der Waals surface area contributed by atoms with E-state index in [4.69, 9.17) is 4.98 Å². The first-order chi connectivity index (χ1) is 49.6. The molecule has 2 aliphatic rings. The molecular weight excluding hydrogens is 1210 g/mol. The lowest BCUT2D eigenvalue weighted by molar-refractivity contribution is 1.09. The highest BCUT2D eigenvalue weighted by molar-refractivity contribution is 6.38. The van der Waals surface area contributed by atoms with Crippen LogP contribution in [0.15, 0.2) is 334 Å². The summed E-state index contributed by atoms with van der Waals surface area (Å²) in [6, 6.07) is 125. The summed E-state index contributed by atoms with van der Waals surface area (Å²) in [6.07, 6.45) is 0. The van der Waals surface area contributed by atoms with E-state index >= 15 is 0 Å². The van der Waals surface area contributed by atoms with E-state index in [0.29, 0.717) is 0 Å². The molecule has 0 N–H and O–H groups in total. The Hall–Kier alpha value is -13.2. The van der Waals surface area contributed by atoms with E-state index in [1.807, 2.05) is 0 Å². The molecule has 0 saturated carbocycles. The molecule has 0 unspecified atom stereocenters. The van der Waals surface area contributed by atoms with Crippen molar-refractivity contribution in [2.45, 2.75) is 0 Å². The summed E-state index contributed by atoms with van der Waals surface area (Å²) in [5.41, 5.74) is 25.2. The molecule has 0 spiro atoms. The van der Waals surface area contributed by atoms with Gasteiger partial charge in [-0.25, -0.2) is 4.98 Å². The van der Waals surface area contributed by atoms with Gasteiger partial charge >= 0.3 is 0 Å². The van der Waals surface area contributed by atoms with Crippen LogP contribution in [0, 0.1) is 0 Å². The van der Waals surface area contributed by atoms with E-state index in [1.165, 1.54) is 180 Å². The van der Waals surface area contributed by atoms with Crippen molar-refractivity contribution in [2.75, 3.05) is 0 Å². The average Bonchev–Trinajstić information content (AvgIpc) is 1.52. The van der Waals surface area contributed by atoms with Crippen LogP contribution in [0.3, 0.4) is 0 Å². The molecule has 23 rings (SSSR count). The fraction of sp³-hybridized carbons (Fsp3) is 0. The van der Waals surface area contributed by atoms with Gasteiger partial charge in [0.15, 0.2) is 0 Å². The van der Waals surface area contributed by atoms with Gasteiger partial charge in [-0.05, 0) is 208 Å². The molecule has 0 saturated heterocycles. The largest absolute Gasteiger partial charge is 0.309 e. The van der Waals surface area contributed by atoms with Crippen LogP contribution in [0.1, 0.15) is 0 Å². The molecule has 3 heterocycles. The Balaban J connectivity index is 0.702. The second kappa shape index (κ2) is 20.2. The summed E-state index contributed by atoms with van der Waals surface area (Å²) in [5.74, 6) is 0.894. The van der Waals surface area contributed by atoms with Gasteiger partial charge in [0, 0.05) is 43.6 Å². The zero-order valence-corrected chi connectivity index (χ0v) is 54.1. The predicted octanol–water partition coefficient (Wildman–Crippen LogP) is 26.5. The Labute approximate surface area is 574 Å². The number of nitrogens with zero attached hydrogens (tertiary/aromatic N) is 3. The molecule has 3 aromatic heterocycles. The van der Waals surface area contributed by atoms with E-state index in [-0.39, 0.29) is 0 Å². The average molecular weight is 1260 g/mol. The van der Waals surface area contributed by atoms with Gasteiger partial charge in [0.1, 0.15) is 5.82 Å². The normalized spacial score (nSPS) is 12.4. The van der Waals surface area contributed by atoms with Crippen molar-refractivity contribution < 1.29 is 0 Å². The number of fused-ring (bicyclic) bond motifs is 26. The number of pyridine rings is 1. The smallest absolute Gasteiger partial charge is 0.138 e. The third-order valence-electron chi connectivity index (χ3n) is 22.5. The minimum absolute atomic E-state index is 0.894. The molecule has 18 aromatic carbocycles. The summed E-state index contributed by atoms with van der Waals surface area (Å²) >= 11 is 0. The highest BCUT2D eigenvalue weighted by Crippen LogP contribution is 2.55. The molecule has 3 nitrogen and oxygen atoms in total. The maximum absolute atomic E-state index is 5.66. The van der Waals surface area contributed by atoms with Crippen LogP contribution in [-0.2, 0) is 0 Å². The molecule has 21 aromatic rings. The first-order valence-electron chi connectivity index (χ1n) is 34.7. The van der Waals surface area contributed by atoms with Crippen LogP contribution in [0.4, 0.5) is 0 Å². The quantitative estimate of drug-likeness (QED) is 0.152. The molecule has 100 heavy (non-hydrogen) atoms. The molecule has 2 aliphatic carbocycles. The first-order valence-corrected chi connectivity index (χ1v) is 34.7. The van der Waals surface area contributed by atoms with Crippen LogP contribution < -0.4 is 0 Å². The molecule has 0 aliphatic heterocycles. The fourth-order valence-corrected chi connectivity index (χ4v) is 18.4. The molecule has 458 valence electrons. The molecule has 3 heteroatoms. The van der Waals surface area contributed by atoms with Crippen molar-refractivity contribution in [3.8, 4) is 101 Å². The Morgan fingerprint density at radius 3 is 1.29 bits per heavy atom. The van der Waals surface area contributed by atoms with Gasteiger partial charge in [0.25, 0.3) is 0 Å². The molecule has 0 atom stereocenters. The number of hydrogen-bond acceptors (Lipinski definition) is 1. The summed E-state index contributed by atoms with van der Waals surface area (Å²) in [4.78, 5) is 5.66. The Morgan fingerprint density at radius 1 is 0.200 bits per heavy atom. The SMILES string of the molecule is c1cc(-c2cc(-c3cccc4c3-c3cccc5cccc-4c35)cc(-n3c4ccccc4c4c5ccc6ccccc6c5c5ccccc5c43)c2)cc(-c2ccc3c(ccc4c3c3ccccc3c3c4c4ccccc4n3-c3cccc(-c4cccc5c4-c4cccc6cccc-5c46)n3)c2)c1. The minimum atomic E-state index is 0.894. The van der Waals surface area contributed by atoms with Crippen molar-refractivity contribution in [3.63, 3.8) is 0 Å². The van der Waals surface area contributed by atoms with E-state index in [2.05, 4.69) is 343 Å². The van der Waals surface area contributed by atoms with Crippen LogP contribution in [0.5, 0.6) is 0 Å². The number of rotatable bonds is 6. The lowest BCUT2D eigenvalue weighted by atomic mass is 9.90. The lowest BCUT2D eigenvalue weighted by Gasteiger charge is -2.18. The predicted molar refractivity (Wildman–Crippen MR) is 424 cm³/mol. The van der Waals surface area contributed by atoms with Gasteiger partial charge in [-0.15, -0.1) is 0 Å². The van der Waals surface area contributed by atoms with Crippen LogP contribution in [0.25, 0.3) is 230 Å². The monoisotopic (exact) mass is 1260 g/mol. The molecule has 0 bridgehead atoms. The summed E-state index contributed by atoms with van der Waals surface area (Å²) in [5, 5.41) is 25.0. The van der Waals surface area contributed by atoms with Gasteiger partial charge in [-0.3, -0.25) is 4.57 Å². The van der Waals surface area contributed by atoms with Gasteiger partial charge in [0.05, 0.1) is 27.8 Å². The van der Waals surface area contributed by atoms with Crippen molar-refractivity contribution >= 4 is 130 Å². The highest BCUT2D eigenvalue weighted by atomic mass is 15.1. The molecular formula is C97H55N3. The topological polar surface area (TPSA) is 22.8 Å². The van der Waals surface area contributed by atoms with E-state index in [9.17, 15) is 0 Å². The standard InChI is InChI=1S/C97H55N3/c1-2-26-66-56(19-1)45-49-82-90(66)73-27-3-5-29-75(73)96-94(82)78-31-7-9-42-85(78)99(96)65-54-63(53-64(55-65)67-33-16-36-71-69-34-12-20-57-22-14-39-80(88(57)69)91(67)71)60-25-11-24-59(51-60)61-46-48-68-62(52-61)47-50-83-92(68)74-28-4-6-30-76(74)97-95(83)79-32-8-10-43-86(79)100(97)87-44-18-41-84(98-87)77-38-17-37-72-70-35-13-21-58-23-15-40-81(89(58)70)93(72)77/h1-55H. The zero-order chi connectivity index (χ0) is 65.0. The van der Waals surface area contributed by atoms with Crippen molar-refractivity contribution in [3.05, 3.63) is 334 Å². The third-order valence-corrected chi connectivity index (χ3v) is 22.5. The number of benzene rings is 18. The molecule has 0 amide bonds. The van der Waals surface area contributed by atoms with E-state index in [0.717, 1.165) is 50.5 Å². The van der Waals surface area contributed by atoms with Gasteiger partial charge in [0.2, 0.25) is 0 Å². The third kappa shape index (κ3) is 7.34. The van der Waals surface area contributed by atoms with Crippen molar-refractivity contribution in [2.24, 2.45) is 0 Å². The molecule has 0 fully saturated rings. The van der Waals surface area contributed by atoms with Crippen LogP contribution >= 0.6 is 0 Å². The van der Waals surface area contributed by atoms with Crippen LogP contribution in [0.2, 0.25) is 0 Å². The van der Waals surface area contributed by atoms with Gasteiger partial charge in [-0.2, -0.15) is 0 Å². The number of para-hydroxylation sites is 2. The Kier molecular flexibility index (Phi) is 10.9. The summed E-state index contributed by atoms with van der Waals surface area (Å²) in [6.45, 7) is 0. The second-order valence-electron chi connectivity index (χ2n) is 27.5. The Bertz CT molecular complexity index is 7270. The maximum Gasteiger partial charge on any atom is 0.138 e. The lowest BCUT2D eigenvalue weighted by Crippen LogP contribution is -1.99.